The normalized spacial score (nSPS) is 14.4. The second kappa shape index (κ2) is 42.3. The number of aliphatic hydroxyl groups excluding tert-OH is 1. The highest BCUT2D eigenvalue weighted by Crippen LogP contribution is 2.38. The van der Waals surface area contributed by atoms with Crippen molar-refractivity contribution in [3.05, 3.63) is 24.3 Å². The summed E-state index contributed by atoms with van der Waals surface area (Å²) in [5.41, 5.74) is 0. The number of allylic oxidation sites excluding steroid dienone is 4. The van der Waals surface area contributed by atoms with Gasteiger partial charge in [-0.15, -0.1) is 0 Å². The minimum absolute atomic E-state index is 0.0122. The zero-order valence-corrected chi connectivity index (χ0v) is 40.6. The van der Waals surface area contributed by atoms with Crippen LogP contribution in [0.5, 0.6) is 0 Å². The maximum absolute atomic E-state index is 12.9. The fourth-order valence-electron chi connectivity index (χ4n) is 7.42. The van der Waals surface area contributed by atoms with E-state index in [0.717, 1.165) is 44.9 Å². The van der Waals surface area contributed by atoms with Crippen LogP contribution in [0.3, 0.4) is 0 Å². The number of phosphoric acid groups is 1. The highest BCUT2D eigenvalue weighted by Gasteiger charge is 2.24. The highest BCUT2D eigenvalue weighted by molar-refractivity contribution is 7.45. The van der Waals surface area contributed by atoms with E-state index >= 15 is 0 Å². The summed E-state index contributed by atoms with van der Waals surface area (Å²) in [4.78, 5) is 25.4. The minimum Gasteiger partial charge on any atom is -0.756 e. The molecule has 0 spiro atoms. The second-order valence-corrected chi connectivity index (χ2v) is 19.9. The van der Waals surface area contributed by atoms with Crippen molar-refractivity contribution in [1.29, 1.82) is 0 Å². The molecule has 3 unspecified atom stereocenters. The average molecular weight is 855 g/mol. The van der Waals surface area contributed by atoms with Gasteiger partial charge in [-0.25, -0.2) is 0 Å². The molecule has 0 saturated heterocycles. The van der Waals surface area contributed by atoms with Crippen LogP contribution in [0.2, 0.25) is 0 Å². The molecule has 0 aliphatic carbocycles. The Hall–Kier alpha value is -1.02. The van der Waals surface area contributed by atoms with Crippen molar-refractivity contribution in [1.82, 2.24) is 5.32 Å². The smallest absolute Gasteiger partial charge is 0.268 e. The molecule has 0 bridgehead atoms. The predicted molar refractivity (Wildman–Crippen MR) is 252 cm³/mol. The van der Waals surface area contributed by atoms with Gasteiger partial charge in [0, 0.05) is 6.42 Å². The van der Waals surface area contributed by atoms with E-state index in [1.807, 2.05) is 21.1 Å². The molecular formula is C50H99N2O6P. The van der Waals surface area contributed by atoms with Crippen molar-refractivity contribution >= 4 is 13.7 Å². The molecule has 0 fully saturated rings. The number of aliphatic hydroxyl groups is 1. The Morgan fingerprint density at radius 2 is 0.983 bits per heavy atom. The standard InChI is InChI=1S/C50H99N2O6P/c1-6-8-10-12-14-16-18-20-22-24-26-28-30-32-34-36-38-40-42-44-50(54)51-48(47-58-59(55,56)57-46-45-52(3,4)5)49(53)43-41-39-37-35-33-31-29-27-25-23-21-19-17-15-13-11-9-7-2/h14,16,20,22,48-49,53H,6-13,15,17-19,21,23-47H2,1-5H3,(H-,51,54,55,56)/b16-14-,22-20-. The SMILES string of the molecule is CCCCC/C=C\C/C=C\CCCCCCCCCCCC(=O)NC(COP(=O)([O-])OCC[N+](C)(C)C)C(O)CCCCCCCCCCCCCCCCCCCC. The first-order valence-electron chi connectivity index (χ1n) is 25.2. The Morgan fingerprint density at radius 3 is 1.44 bits per heavy atom. The summed E-state index contributed by atoms with van der Waals surface area (Å²) >= 11 is 0. The van der Waals surface area contributed by atoms with Crippen molar-refractivity contribution < 1.29 is 32.9 Å². The van der Waals surface area contributed by atoms with Gasteiger partial charge in [-0.1, -0.05) is 212 Å². The number of carbonyl (C=O) groups is 1. The van der Waals surface area contributed by atoms with E-state index in [9.17, 15) is 19.4 Å². The predicted octanol–water partition coefficient (Wildman–Crippen LogP) is 13.8. The van der Waals surface area contributed by atoms with E-state index in [1.54, 1.807) is 0 Å². The summed E-state index contributed by atoms with van der Waals surface area (Å²) in [5.74, 6) is -0.167. The molecule has 0 aromatic rings. The Balaban J connectivity index is 4.27. The van der Waals surface area contributed by atoms with Crippen LogP contribution in [0, 0.1) is 0 Å². The van der Waals surface area contributed by atoms with Gasteiger partial charge in [0.1, 0.15) is 13.2 Å². The number of nitrogens with one attached hydrogen (secondary N) is 1. The quantitative estimate of drug-likeness (QED) is 0.0273. The fourth-order valence-corrected chi connectivity index (χ4v) is 8.15. The zero-order valence-electron chi connectivity index (χ0n) is 39.7. The third-order valence-electron chi connectivity index (χ3n) is 11.4. The molecule has 0 aromatic carbocycles. The Morgan fingerprint density at radius 1 is 0.593 bits per heavy atom. The Bertz CT molecular complexity index is 1020. The molecular weight excluding hydrogens is 756 g/mol. The first-order valence-corrected chi connectivity index (χ1v) is 26.6. The van der Waals surface area contributed by atoms with Gasteiger partial charge >= 0.3 is 0 Å². The third kappa shape index (κ3) is 44.8. The van der Waals surface area contributed by atoms with E-state index in [1.165, 1.54) is 167 Å². The molecule has 350 valence electrons. The number of quaternary nitrogens is 1. The van der Waals surface area contributed by atoms with Gasteiger partial charge in [-0.05, 0) is 44.9 Å². The second-order valence-electron chi connectivity index (χ2n) is 18.5. The van der Waals surface area contributed by atoms with Gasteiger partial charge < -0.3 is 28.8 Å². The van der Waals surface area contributed by atoms with Crippen LogP contribution in [-0.2, 0) is 18.4 Å². The summed E-state index contributed by atoms with van der Waals surface area (Å²) in [6.07, 6.45) is 50.4. The van der Waals surface area contributed by atoms with Crippen molar-refractivity contribution in [2.45, 2.75) is 251 Å². The summed E-state index contributed by atoms with van der Waals surface area (Å²) in [7, 11) is 1.31. The molecule has 9 heteroatoms. The van der Waals surface area contributed by atoms with Gasteiger partial charge in [-0.2, -0.15) is 0 Å². The number of phosphoric ester groups is 1. The van der Waals surface area contributed by atoms with Gasteiger partial charge in [0.15, 0.2) is 0 Å². The zero-order chi connectivity index (χ0) is 43.6. The van der Waals surface area contributed by atoms with Gasteiger partial charge in [0.25, 0.3) is 7.82 Å². The van der Waals surface area contributed by atoms with Crippen LogP contribution < -0.4 is 10.2 Å². The molecule has 0 aliphatic heterocycles. The third-order valence-corrected chi connectivity index (χ3v) is 12.4. The van der Waals surface area contributed by atoms with Gasteiger partial charge in [0.05, 0.1) is 39.9 Å². The van der Waals surface area contributed by atoms with Crippen molar-refractivity contribution in [3.8, 4) is 0 Å². The van der Waals surface area contributed by atoms with Crippen LogP contribution in [0.25, 0.3) is 0 Å². The lowest BCUT2D eigenvalue weighted by Crippen LogP contribution is -2.46. The summed E-state index contributed by atoms with van der Waals surface area (Å²) < 4.78 is 23.3. The number of hydrogen-bond acceptors (Lipinski definition) is 6. The average Bonchev–Trinajstić information content (AvgIpc) is 3.19. The number of rotatable bonds is 46. The lowest BCUT2D eigenvalue weighted by molar-refractivity contribution is -0.870. The largest absolute Gasteiger partial charge is 0.756 e. The van der Waals surface area contributed by atoms with Crippen LogP contribution in [0.1, 0.15) is 239 Å². The van der Waals surface area contributed by atoms with Gasteiger partial charge in [0.2, 0.25) is 5.91 Å². The molecule has 2 N–H and O–H groups in total. The van der Waals surface area contributed by atoms with Crippen LogP contribution >= 0.6 is 7.82 Å². The monoisotopic (exact) mass is 855 g/mol. The topological polar surface area (TPSA) is 108 Å². The number of unbranched alkanes of at least 4 members (excludes halogenated alkanes) is 29. The van der Waals surface area contributed by atoms with Crippen molar-refractivity contribution in [2.75, 3.05) is 40.9 Å². The maximum atomic E-state index is 12.9. The van der Waals surface area contributed by atoms with Crippen molar-refractivity contribution in [3.63, 3.8) is 0 Å². The molecule has 0 aromatic heterocycles. The van der Waals surface area contributed by atoms with Gasteiger partial charge in [-0.3, -0.25) is 9.36 Å². The number of amides is 1. The number of nitrogens with zero attached hydrogens (tertiary/aromatic N) is 1. The number of carbonyl (C=O) groups excluding carboxylic acids is 1. The van der Waals surface area contributed by atoms with Crippen LogP contribution in [-0.4, -0.2) is 68.5 Å². The minimum atomic E-state index is -4.57. The first kappa shape index (κ1) is 58.0. The molecule has 0 saturated carbocycles. The van der Waals surface area contributed by atoms with E-state index in [2.05, 4.69) is 43.5 Å². The molecule has 0 aliphatic rings. The first-order chi connectivity index (χ1) is 28.5. The lowest BCUT2D eigenvalue weighted by atomic mass is 10.0. The Labute approximate surface area is 366 Å². The summed E-state index contributed by atoms with van der Waals surface area (Å²) in [5, 5.41) is 14.0. The van der Waals surface area contributed by atoms with E-state index in [-0.39, 0.29) is 19.1 Å². The molecule has 0 radical (unpaired) electrons. The highest BCUT2D eigenvalue weighted by atomic mass is 31.2. The molecule has 3 atom stereocenters. The lowest BCUT2D eigenvalue weighted by Gasteiger charge is -2.30. The Kier molecular flexibility index (Phi) is 41.6. The fraction of sp³-hybridized carbons (Fsp3) is 0.900. The number of likely N-dealkylation sites (N-methyl/N-ethyl adjacent to an activating group) is 1. The number of hydrogen-bond donors (Lipinski definition) is 2. The molecule has 8 nitrogen and oxygen atoms in total. The van der Waals surface area contributed by atoms with Crippen LogP contribution in [0.15, 0.2) is 24.3 Å². The van der Waals surface area contributed by atoms with E-state index in [4.69, 9.17) is 9.05 Å². The molecule has 1 amide bonds. The molecule has 59 heavy (non-hydrogen) atoms. The van der Waals surface area contributed by atoms with Crippen molar-refractivity contribution in [2.24, 2.45) is 0 Å². The van der Waals surface area contributed by atoms with Crippen LogP contribution in [0.4, 0.5) is 0 Å². The van der Waals surface area contributed by atoms with E-state index in [0.29, 0.717) is 23.9 Å². The molecule has 0 heterocycles. The summed E-state index contributed by atoms with van der Waals surface area (Å²) in [6.45, 7) is 4.71. The molecule has 0 rings (SSSR count). The summed E-state index contributed by atoms with van der Waals surface area (Å²) in [6, 6.07) is -0.801. The van der Waals surface area contributed by atoms with E-state index < -0.39 is 20.0 Å². The maximum Gasteiger partial charge on any atom is 0.268 e.